The zero-order chi connectivity index (χ0) is 10.5. The van der Waals surface area contributed by atoms with Gasteiger partial charge in [0.1, 0.15) is 0 Å². The van der Waals surface area contributed by atoms with Crippen LogP contribution >= 0.6 is 23.1 Å². The minimum Gasteiger partial charge on any atom is -0.312 e. The minimum atomic E-state index is 0.543. The Hall–Kier alpha value is 0.01000. The summed E-state index contributed by atoms with van der Waals surface area (Å²) in [6.45, 7) is 0. The van der Waals surface area contributed by atoms with Crippen molar-refractivity contribution >= 4 is 23.1 Å². The van der Waals surface area contributed by atoms with E-state index in [0.717, 1.165) is 5.25 Å². The quantitative estimate of drug-likeness (QED) is 0.844. The summed E-state index contributed by atoms with van der Waals surface area (Å²) < 4.78 is 0. The van der Waals surface area contributed by atoms with Gasteiger partial charge in [-0.3, -0.25) is 0 Å². The molecule has 0 aromatic carbocycles. The lowest BCUT2D eigenvalue weighted by atomic mass is 10.2. The van der Waals surface area contributed by atoms with Crippen molar-refractivity contribution in [2.45, 2.75) is 37.0 Å². The Labute approximate surface area is 101 Å². The molecule has 84 valence electrons. The Bertz CT molecular complexity index is 265. The van der Waals surface area contributed by atoms with E-state index in [1.54, 1.807) is 11.3 Å². The van der Waals surface area contributed by atoms with Gasteiger partial charge in [0.05, 0.1) is 0 Å². The Morgan fingerprint density at radius 3 is 2.93 bits per heavy atom. The Balaban J connectivity index is 1.80. The van der Waals surface area contributed by atoms with E-state index in [1.165, 1.54) is 37.0 Å². The first kappa shape index (κ1) is 11.5. The van der Waals surface area contributed by atoms with E-state index in [4.69, 9.17) is 0 Å². The number of thiophene rings is 1. The largest absolute Gasteiger partial charge is 0.312 e. The zero-order valence-corrected chi connectivity index (χ0v) is 10.9. The summed E-state index contributed by atoms with van der Waals surface area (Å²) in [5, 5.41) is 8.77. The maximum Gasteiger partial charge on any atom is 0.0417 e. The molecule has 0 saturated heterocycles. The number of rotatable bonds is 5. The lowest BCUT2D eigenvalue weighted by molar-refractivity contribution is 0.662. The maximum absolute atomic E-state index is 3.41. The third-order valence-electron chi connectivity index (χ3n) is 3.09. The first-order chi connectivity index (χ1) is 7.40. The molecule has 1 aromatic heterocycles. The molecule has 1 unspecified atom stereocenters. The van der Waals surface area contributed by atoms with Gasteiger partial charge in [0.2, 0.25) is 0 Å². The van der Waals surface area contributed by atoms with Crippen LogP contribution in [0, 0.1) is 0 Å². The van der Waals surface area contributed by atoms with Crippen LogP contribution in [0.15, 0.2) is 16.8 Å². The van der Waals surface area contributed by atoms with Gasteiger partial charge in [0, 0.05) is 17.0 Å². The molecule has 1 aliphatic carbocycles. The third-order valence-corrected chi connectivity index (χ3v) is 5.26. The van der Waals surface area contributed by atoms with E-state index >= 15 is 0 Å². The average molecular weight is 241 g/mol. The molecule has 1 N–H and O–H groups in total. The molecule has 1 nitrogen and oxygen atoms in total. The van der Waals surface area contributed by atoms with Crippen LogP contribution in [0.4, 0.5) is 0 Å². The molecule has 1 atom stereocenters. The molecule has 2 rings (SSSR count). The van der Waals surface area contributed by atoms with E-state index in [1.807, 2.05) is 0 Å². The highest BCUT2D eigenvalue weighted by atomic mass is 32.2. The van der Waals surface area contributed by atoms with Crippen molar-refractivity contribution in [3.63, 3.8) is 0 Å². The highest BCUT2D eigenvalue weighted by Crippen LogP contribution is 2.32. The predicted molar refractivity (Wildman–Crippen MR) is 70.8 cm³/mol. The molecule has 1 aromatic rings. The van der Waals surface area contributed by atoms with Crippen molar-refractivity contribution in [2.24, 2.45) is 0 Å². The Morgan fingerprint density at radius 1 is 1.53 bits per heavy atom. The number of hydrogen-bond donors (Lipinski definition) is 1. The van der Waals surface area contributed by atoms with Crippen LogP contribution in [-0.4, -0.2) is 18.1 Å². The second-order valence-corrected chi connectivity index (χ2v) is 6.25. The highest BCUT2D eigenvalue weighted by Gasteiger charge is 2.18. The van der Waals surface area contributed by atoms with Gasteiger partial charge in [0.25, 0.3) is 0 Å². The molecule has 0 amide bonds. The van der Waals surface area contributed by atoms with Gasteiger partial charge in [-0.05, 0) is 42.3 Å². The molecular formula is C12H19NS2. The first-order valence-corrected chi connectivity index (χ1v) is 7.70. The molecule has 15 heavy (non-hydrogen) atoms. The third kappa shape index (κ3) is 3.23. The van der Waals surface area contributed by atoms with Crippen molar-refractivity contribution < 1.29 is 0 Å². The molecule has 1 fully saturated rings. The summed E-state index contributed by atoms with van der Waals surface area (Å²) in [5.74, 6) is 1.22. The van der Waals surface area contributed by atoms with Crippen LogP contribution in [0.25, 0.3) is 0 Å². The van der Waals surface area contributed by atoms with Crippen LogP contribution in [0.3, 0.4) is 0 Å². The van der Waals surface area contributed by atoms with Crippen molar-refractivity contribution in [3.8, 4) is 0 Å². The first-order valence-electron chi connectivity index (χ1n) is 5.71. The second-order valence-electron chi connectivity index (χ2n) is 4.14. The van der Waals surface area contributed by atoms with Crippen molar-refractivity contribution in [1.82, 2.24) is 5.32 Å². The van der Waals surface area contributed by atoms with E-state index < -0.39 is 0 Å². The van der Waals surface area contributed by atoms with E-state index in [2.05, 4.69) is 41.0 Å². The normalized spacial score (nSPS) is 19.5. The van der Waals surface area contributed by atoms with Crippen LogP contribution < -0.4 is 5.32 Å². The smallest absolute Gasteiger partial charge is 0.0417 e. The fourth-order valence-electron chi connectivity index (χ4n) is 2.11. The average Bonchev–Trinajstić information content (AvgIpc) is 2.90. The minimum absolute atomic E-state index is 0.543. The standard InChI is InChI=1S/C12H19NS2/c1-13-12(10-6-7-14-8-10)9-15-11-4-2-3-5-11/h6-8,11-13H,2-5,9H2,1H3. The molecule has 1 heterocycles. The van der Waals surface area contributed by atoms with E-state index in [9.17, 15) is 0 Å². The maximum atomic E-state index is 3.41. The summed E-state index contributed by atoms with van der Waals surface area (Å²) in [7, 11) is 2.07. The van der Waals surface area contributed by atoms with Crippen LogP contribution in [0.5, 0.6) is 0 Å². The van der Waals surface area contributed by atoms with Gasteiger partial charge in [0.15, 0.2) is 0 Å². The topological polar surface area (TPSA) is 12.0 Å². The molecule has 3 heteroatoms. The second kappa shape index (κ2) is 5.92. The van der Waals surface area contributed by atoms with Crippen LogP contribution in [-0.2, 0) is 0 Å². The summed E-state index contributed by atoms with van der Waals surface area (Å²) in [6, 6.07) is 2.78. The van der Waals surface area contributed by atoms with Gasteiger partial charge in [-0.15, -0.1) is 0 Å². The van der Waals surface area contributed by atoms with Crippen molar-refractivity contribution in [1.29, 1.82) is 0 Å². The van der Waals surface area contributed by atoms with Crippen molar-refractivity contribution in [2.75, 3.05) is 12.8 Å². The van der Waals surface area contributed by atoms with Crippen molar-refractivity contribution in [3.05, 3.63) is 22.4 Å². The summed E-state index contributed by atoms with van der Waals surface area (Å²) in [6.07, 6.45) is 5.76. The highest BCUT2D eigenvalue weighted by molar-refractivity contribution is 7.99. The summed E-state index contributed by atoms with van der Waals surface area (Å²) in [5.41, 5.74) is 1.45. The predicted octanol–water partition coefficient (Wildman–Crippen LogP) is 3.68. The van der Waals surface area contributed by atoms with Gasteiger partial charge in [-0.1, -0.05) is 12.8 Å². The van der Waals surface area contributed by atoms with Gasteiger partial charge >= 0.3 is 0 Å². The molecule has 0 radical (unpaired) electrons. The number of nitrogens with one attached hydrogen (secondary N) is 1. The monoisotopic (exact) mass is 241 g/mol. The van der Waals surface area contributed by atoms with Gasteiger partial charge in [-0.25, -0.2) is 0 Å². The summed E-state index contributed by atoms with van der Waals surface area (Å²) in [4.78, 5) is 0. The lowest BCUT2D eigenvalue weighted by Gasteiger charge is -2.17. The van der Waals surface area contributed by atoms with E-state index in [0.29, 0.717) is 6.04 Å². The van der Waals surface area contributed by atoms with Crippen LogP contribution in [0.2, 0.25) is 0 Å². The molecular weight excluding hydrogens is 222 g/mol. The molecule has 0 aliphatic heterocycles. The SMILES string of the molecule is CNC(CSC1CCCC1)c1ccsc1. The zero-order valence-electron chi connectivity index (χ0n) is 9.24. The molecule has 0 bridgehead atoms. The van der Waals surface area contributed by atoms with Gasteiger partial charge < -0.3 is 5.32 Å². The van der Waals surface area contributed by atoms with Crippen LogP contribution in [0.1, 0.15) is 37.3 Å². The molecule has 1 aliphatic rings. The lowest BCUT2D eigenvalue weighted by Crippen LogP contribution is -2.19. The Morgan fingerprint density at radius 2 is 2.33 bits per heavy atom. The number of thioether (sulfide) groups is 1. The Kier molecular flexibility index (Phi) is 4.54. The fraction of sp³-hybridized carbons (Fsp3) is 0.667. The van der Waals surface area contributed by atoms with E-state index in [-0.39, 0.29) is 0 Å². The summed E-state index contributed by atoms with van der Waals surface area (Å²) >= 11 is 3.95. The number of hydrogen-bond acceptors (Lipinski definition) is 3. The van der Waals surface area contributed by atoms with Gasteiger partial charge in [-0.2, -0.15) is 23.1 Å². The molecule has 0 spiro atoms. The molecule has 1 saturated carbocycles. The fourth-order valence-corrected chi connectivity index (χ4v) is 4.31.